The Morgan fingerprint density at radius 1 is 1.33 bits per heavy atom. The van der Waals surface area contributed by atoms with Gasteiger partial charge in [-0.15, -0.1) is 0 Å². The molecule has 2 fully saturated rings. The molecule has 168 valence electrons. The Morgan fingerprint density at radius 2 is 2.07 bits per heavy atom. The van der Waals surface area contributed by atoms with E-state index in [1.54, 1.807) is 6.07 Å². The lowest BCUT2D eigenvalue weighted by molar-refractivity contribution is -0.133. The van der Waals surface area contributed by atoms with Crippen LogP contribution in [0.3, 0.4) is 0 Å². The third-order valence-corrected chi connectivity index (χ3v) is 6.67. The highest BCUT2D eigenvalue weighted by atomic mass is 19.3. The summed E-state index contributed by atoms with van der Waals surface area (Å²) < 4.78 is 41.2. The Morgan fingerprint density at radius 3 is 2.70 bits per heavy atom. The van der Waals surface area contributed by atoms with Crippen LogP contribution in [0, 0.1) is 17.7 Å². The van der Waals surface area contributed by atoms with Gasteiger partial charge in [0, 0.05) is 13.0 Å². The smallest absolute Gasteiger partial charge is 0.267 e. The zero-order chi connectivity index (χ0) is 21.7. The summed E-state index contributed by atoms with van der Waals surface area (Å²) in [5.74, 6) is -2.32. The van der Waals surface area contributed by atoms with E-state index < -0.39 is 24.4 Å². The number of carbonyl (C=O) groups excluding carboxylic acids is 1. The van der Waals surface area contributed by atoms with Crippen molar-refractivity contribution in [3.8, 4) is 0 Å². The number of likely N-dealkylation sites (tertiary alicyclic amines) is 1. The second-order valence-corrected chi connectivity index (χ2v) is 9.06. The van der Waals surface area contributed by atoms with Crippen molar-refractivity contribution in [2.24, 2.45) is 17.6 Å². The highest BCUT2D eigenvalue weighted by Gasteiger charge is 2.41. The minimum absolute atomic E-state index is 0.00323. The number of amides is 1. The molecule has 0 radical (unpaired) electrons. The molecule has 0 unspecified atom stereocenters. The standard InChI is InChI=1S/C23H34F3N3O/c1-16(18-7-10-28-11-8-18)3-2-4-17-5-6-19(20(24)13-17)14-21(27)22(30)29-12-9-23(25,26)15-29/h5-6,13,16,18,21,28H,2-4,7-12,14-15,27H2,1H3/t16-,21+/m1/s1. The molecular weight excluding hydrogens is 391 g/mol. The SMILES string of the molecule is C[C@H](CCCc1ccc(C[C@H](N)C(=O)N2CCC(F)(F)C2)c(F)c1)C1CCNCC1. The fourth-order valence-electron chi connectivity index (χ4n) is 4.67. The van der Waals surface area contributed by atoms with Crippen molar-refractivity contribution >= 4 is 5.91 Å². The van der Waals surface area contributed by atoms with Crippen LogP contribution in [0.25, 0.3) is 0 Å². The topological polar surface area (TPSA) is 58.4 Å². The van der Waals surface area contributed by atoms with E-state index in [2.05, 4.69) is 12.2 Å². The van der Waals surface area contributed by atoms with Gasteiger partial charge in [-0.1, -0.05) is 25.5 Å². The van der Waals surface area contributed by atoms with Crippen LogP contribution in [-0.4, -0.2) is 49.0 Å². The first-order chi connectivity index (χ1) is 14.2. The quantitative estimate of drug-likeness (QED) is 0.670. The molecule has 2 heterocycles. The Balaban J connectivity index is 1.47. The fraction of sp³-hybridized carbons (Fsp3) is 0.696. The molecule has 0 saturated carbocycles. The predicted molar refractivity (Wildman–Crippen MR) is 112 cm³/mol. The minimum Gasteiger partial charge on any atom is -0.335 e. The molecule has 0 spiro atoms. The summed E-state index contributed by atoms with van der Waals surface area (Å²) in [5, 5.41) is 3.40. The molecule has 1 aromatic carbocycles. The fourth-order valence-corrected chi connectivity index (χ4v) is 4.67. The Hall–Kier alpha value is -1.60. The van der Waals surface area contributed by atoms with Gasteiger partial charge in [-0.05, 0) is 74.2 Å². The molecule has 0 aromatic heterocycles. The maximum atomic E-state index is 14.5. The molecular formula is C23H34F3N3O. The first-order valence-corrected chi connectivity index (χ1v) is 11.2. The normalized spacial score (nSPS) is 21.6. The van der Waals surface area contributed by atoms with E-state index >= 15 is 0 Å². The number of nitrogens with two attached hydrogens (primary N) is 1. The number of rotatable bonds is 8. The number of aryl methyl sites for hydroxylation is 1. The van der Waals surface area contributed by atoms with E-state index in [1.807, 2.05) is 6.07 Å². The molecule has 2 saturated heterocycles. The molecule has 2 aliphatic rings. The van der Waals surface area contributed by atoms with Crippen molar-refractivity contribution in [2.45, 2.75) is 63.8 Å². The largest absolute Gasteiger partial charge is 0.335 e. The van der Waals surface area contributed by atoms with Gasteiger partial charge in [-0.25, -0.2) is 13.2 Å². The predicted octanol–water partition coefficient (Wildman–Crippen LogP) is 3.52. The van der Waals surface area contributed by atoms with Gasteiger partial charge in [0.2, 0.25) is 5.91 Å². The maximum Gasteiger partial charge on any atom is 0.267 e. The minimum atomic E-state index is -2.85. The lowest BCUT2D eigenvalue weighted by Gasteiger charge is -2.28. The summed E-state index contributed by atoms with van der Waals surface area (Å²) in [4.78, 5) is 13.4. The molecule has 4 nitrogen and oxygen atoms in total. The molecule has 2 aliphatic heterocycles. The lowest BCUT2D eigenvalue weighted by atomic mass is 9.83. The summed E-state index contributed by atoms with van der Waals surface area (Å²) in [6.45, 7) is 3.92. The van der Waals surface area contributed by atoms with E-state index in [0.717, 1.165) is 48.7 Å². The van der Waals surface area contributed by atoms with Crippen LogP contribution < -0.4 is 11.1 Å². The third-order valence-electron chi connectivity index (χ3n) is 6.67. The van der Waals surface area contributed by atoms with Crippen LogP contribution in [0.15, 0.2) is 18.2 Å². The van der Waals surface area contributed by atoms with Gasteiger partial charge in [0.15, 0.2) is 0 Å². The molecule has 1 amide bonds. The van der Waals surface area contributed by atoms with Gasteiger partial charge < -0.3 is 16.0 Å². The van der Waals surface area contributed by atoms with E-state index in [9.17, 15) is 18.0 Å². The van der Waals surface area contributed by atoms with Crippen LogP contribution in [0.5, 0.6) is 0 Å². The Kier molecular flexibility index (Phi) is 7.80. The monoisotopic (exact) mass is 425 g/mol. The van der Waals surface area contributed by atoms with Crippen molar-refractivity contribution in [1.82, 2.24) is 10.2 Å². The molecule has 1 aromatic rings. The number of hydrogen-bond donors (Lipinski definition) is 2. The van der Waals surface area contributed by atoms with Gasteiger partial charge in [0.05, 0.1) is 12.6 Å². The molecule has 2 atom stereocenters. The molecule has 0 aliphatic carbocycles. The lowest BCUT2D eigenvalue weighted by Crippen LogP contribution is -2.44. The number of hydrogen-bond acceptors (Lipinski definition) is 3. The van der Waals surface area contributed by atoms with E-state index in [0.29, 0.717) is 11.5 Å². The maximum absolute atomic E-state index is 14.5. The summed E-state index contributed by atoms with van der Waals surface area (Å²) in [7, 11) is 0. The van der Waals surface area contributed by atoms with Gasteiger partial charge in [0.1, 0.15) is 5.82 Å². The van der Waals surface area contributed by atoms with Crippen LogP contribution in [0.2, 0.25) is 0 Å². The number of nitrogens with one attached hydrogen (secondary N) is 1. The van der Waals surface area contributed by atoms with Crippen molar-refractivity contribution < 1.29 is 18.0 Å². The average Bonchev–Trinajstić information content (AvgIpc) is 3.09. The van der Waals surface area contributed by atoms with Gasteiger partial charge in [-0.2, -0.15) is 0 Å². The van der Waals surface area contributed by atoms with Crippen LogP contribution in [0.1, 0.15) is 50.2 Å². The molecule has 7 heteroatoms. The van der Waals surface area contributed by atoms with Crippen molar-refractivity contribution in [3.05, 3.63) is 35.1 Å². The molecule has 30 heavy (non-hydrogen) atoms. The third kappa shape index (κ3) is 6.20. The van der Waals surface area contributed by atoms with Gasteiger partial charge >= 0.3 is 0 Å². The van der Waals surface area contributed by atoms with Gasteiger partial charge in [-0.3, -0.25) is 4.79 Å². The number of nitrogens with zero attached hydrogens (tertiary/aromatic N) is 1. The summed E-state index contributed by atoms with van der Waals surface area (Å²) in [6.07, 6.45) is 5.11. The van der Waals surface area contributed by atoms with Crippen molar-refractivity contribution in [2.75, 3.05) is 26.2 Å². The first-order valence-electron chi connectivity index (χ1n) is 11.2. The molecule has 3 rings (SSSR count). The van der Waals surface area contributed by atoms with E-state index in [1.165, 1.54) is 18.9 Å². The molecule has 3 N–H and O–H groups in total. The van der Waals surface area contributed by atoms with Crippen molar-refractivity contribution in [1.29, 1.82) is 0 Å². The van der Waals surface area contributed by atoms with Crippen LogP contribution in [-0.2, 0) is 17.6 Å². The Labute approximate surface area is 177 Å². The average molecular weight is 426 g/mol. The number of benzene rings is 1. The summed E-state index contributed by atoms with van der Waals surface area (Å²) >= 11 is 0. The molecule has 0 bridgehead atoms. The first kappa shape index (κ1) is 23.1. The number of halogens is 3. The summed E-state index contributed by atoms with van der Waals surface area (Å²) in [5.41, 5.74) is 7.19. The zero-order valence-corrected chi connectivity index (χ0v) is 17.8. The van der Waals surface area contributed by atoms with Crippen LogP contribution in [0.4, 0.5) is 13.2 Å². The highest BCUT2D eigenvalue weighted by molar-refractivity contribution is 5.82. The van der Waals surface area contributed by atoms with Gasteiger partial charge in [0.25, 0.3) is 5.92 Å². The Bertz CT molecular complexity index is 722. The second kappa shape index (κ2) is 10.1. The van der Waals surface area contributed by atoms with E-state index in [-0.39, 0.29) is 25.2 Å². The second-order valence-electron chi connectivity index (χ2n) is 9.06. The number of piperidine rings is 1. The van der Waals surface area contributed by atoms with E-state index in [4.69, 9.17) is 5.73 Å². The zero-order valence-electron chi connectivity index (χ0n) is 17.8. The highest BCUT2D eigenvalue weighted by Crippen LogP contribution is 2.28. The number of alkyl halides is 2. The summed E-state index contributed by atoms with van der Waals surface area (Å²) in [6, 6.07) is 4.07. The number of carbonyl (C=O) groups is 1. The van der Waals surface area contributed by atoms with Crippen LogP contribution >= 0.6 is 0 Å². The van der Waals surface area contributed by atoms with Crippen molar-refractivity contribution in [3.63, 3.8) is 0 Å².